The summed E-state index contributed by atoms with van der Waals surface area (Å²) in [6.45, 7) is 0. The van der Waals surface area contributed by atoms with Gasteiger partial charge >= 0.3 is 0 Å². The summed E-state index contributed by atoms with van der Waals surface area (Å²) in [6.07, 6.45) is 0. The summed E-state index contributed by atoms with van der Waals surface area (Å²) < 4.78 is 18.9. The van der Waals surface area contributed by atoms with E-state index in [4.69, 9.17) is 10.00 Å². The molecule has 0 aliphatic rings. The number of benzene rings is 1. The average Bonchev–Trinajstić information content (AvgIpc) is 2.58. The van der Waals surface area contributed by atoms with Gasteiger partial charge in [-0.25, -0.2) is 4.39 Å². The highest BCUT2D eigenvalue weighted by atomic mass is 32.1. The van der Waals surface area contributed by atoms with E-state index < -0.39 is 0 Å². The molecule has 0 spiro atoms. The quantitative estimate of drug-likeness (QED) is 0.720. The van der Waals surface area contributed by atoms with Crippen LogP contribution in [0.15, 0.2) is 17.5 Å². The summed E-state index contributed by atoms with van der Waals surface area (Å²) in [5.74, 6) is 0.144. The second-order valence-electron chi connectivity index (χ2n) is 2.74. The van der Waals surface area contributed by atoms with Gasteiger partial charge in [-0.15, -0.1) is 11.3 Å². The lowest BCUT2D eigenvalue weighted by Gasteiger charge is -2.01. The van der Waals surface area contributed by atoms with Crippen LogP contribution in [0.2, 0.25) is 0 Å². The van der Waals surface area contributed by atoms with Gasteiger partial charge in [0.25, 0.3) is 0 Å². The number of nitriles is 1. The zero-order valence-corrected chi connectivity index (χ0v) is 8.19. The third-order valence-corrected chi connectivity index (χ3v) is 2.89. The van der Waals surface area contributed by atoms with E-state index >= 15 is 0 Å². The predicted octanol–water partition coefficient (Wildman–Crippen LogP) is 2.92. The minimum Gasteiger partial charge on any atom is -0.495 e. The minimum atomic E-state index is -0.271. The molecule has 2 nitrogen and oxygen atoms in total. The van der Waals surface area contributed by atoms with Crippen LogP contribution in [0, 0.1) is 17.1 Å². The first-order chi connectivity index (χ1) is 6.76. The fourth-order valence-electron chi connectivity index (χ4n) is 1.28. The molecular formula is C10H6FNOS. The molecule has 0 saturated heterocycles. The Morgan fingerprint density at radius 3 is 2.93 bits per heavy atom. The lowest BCUT2D eigenvalue weighted by atomic mass is 10.1. The third kappa shape index (κ3) is 1.22. The SMILES string of the molecule is COc1cc2c(F)csc2cc1C#N. The van der Waals surface area contributed by atoms with Crippen LogP contribution in [0.5, 0.6) is 5.75 Å². The van der Waals surface area contributed by atoms with Crippen molar-refractivity contribution in [2.75, 3.05) is 7.11 Å². The van der Waals surface area contributed by atoms with Gasteiger partial charge in [-0.2, -0.15) is 5.26 Å². The van der Waals surface area contributed by atoms with Crippen molar-refractivity contribution in [2.45, 2.75) is 0 Å². The standard InChI is InChI=1S/C10H6FNOS/c1-13-9-3-7-8(11)5-14-10(7)2-6(9)4-12/h2-3,5H,1H3. The van der Waals surface area contributed by atoms with Crippen molar-refractivity contribution in [3.05, 3.63) is 28.9 Å². The number of hydrogen-bond donors (Lipinski definition) is 0. The van der Waals surface area contributed by atoms with Crippen LogP contribution in [-0.2, 0) is 0 Å². The summed E-state index contributed by atoms with van der Waals surface area (Å²) in [7, 11) is 1.46. The minimum absolute atomic E-state index is 0.271. The number of methoxy groups -OCH3 is 1. The largest absolute Gasteiger partial charge is 0.495 e. The number of thiophene rings is 1. The lowest BCUT2D eigenvalue weighted by Crippen LogP contribution is -1.87. The van der Waals surface area contributed by atoms with E-state index in [0.29, 0.717) is 16.7 Å². The second kappa shape index (κ2) is 3.28. The number of hydrogen-bond acceptors (Lipinski definition) is 3. The number of rotatable bonds is 1. The van der Waals surface area contributed by atoms with Gasteiger partial charge in [-0.05, 0) is 12.1 Å². The molecule has 0 fully saturated rings. The second-order valence-corrected chi connectivity index (χ2v) is 3.66. The molecule has 0 N–H and O–H groups in total. The van der Waals surface area contributed by atoms with E-state index in [1.807, 2.05) is 6.07 Å². The fourth-order valence-corrected chi connectivity index (χ4v) is 2.11. The molecular weight excluding hydrogens is 201 g/mol. The monoisotopic (exact) mass is 207 g/mol. The van der Waals surface area contributed by atoms with Crippen LogP contribution in [0.1, 0.15) is 5.56 Å². The topological polar surface area (TPSA) is 33.0 Å². The van der Waals surface area contributed by atoms with E-state index in [9.17, 15) is 4.39 Å². The van der Waals surface area contributed by atoms with Crippen molar-refractivity contribution in [1.82, 2.24) is 0 Å². The molecule has 4 heteroatoms. The summed E-state index contributed by atoms with van der Waals surface area (Å²) in [5, 5.41) is 10.7. The van der Waals surface area contributed by atoms with E-state index in [-0.39, 0.29) is 5.82 Å². The highest BCUT2D eigenvalue weighted by molar-refractivity contribution is 7.17. The molecule has 0 atom stereocenters. The maximum absolute atomic E-state index is 13.2. The third-order valence-electron chi connectivity index (χ3n) is 1.97. The van der Waals surface area contributed by atoms with Crippen molar-refractivity contribution < 1.29 is 9.13 Å². The Balaban J connectivity index is 2.79. The lowest BCUT2D eigenvalue weighted by molar-refractivity contribution is 0.414. The van der Waals surface area contributed by atoms with Gasteiger partial charge < -0.3 is 4.74 Å². The number of nitrogens with zero attached hydrogens (tertiary/aromatic N) is 1. The number of fused-ring (bicyclic) bond motifs is 1. The Morgan fingerprint density at radius 1 is 1.50 bits per heavy atom. The van der Waals surface area contributed by atoms with Crippen LogP contribution in [-0.4, -0.2) is 7.11 Å². The van der Waals surface area contributed by atoms with Crippen molar-refractivity contribution in [2.24, 2.45) is 0 Å². The van der Waals surface area contributed by atoms with Crippen LogP contribution in [0.3, 0.4) is 0 Å². The molecule has 1 heterocycles. The smallest absolute Gasteiger partial charge is 0.141 e. The van der Waals surface area contributed by atoms with E-state index in [2.05, 4.69) is 0 Å². The van der Waals surface area contributed by atoms with Gasteiger partial charge in [-0.3, -0.25) is 0 Å². The van der Waals surface area contributed by atoms with Gasteiger partial charge in [0.1, 0.15) is 17.6 Å². The molecule has 0 radical (unpaired) electrons. The van der Waals surface area contributed by atoms with Gasteiger partial charge in [0, 0.05) is 15.5 Å². The maximum atomic E-state index is 13.2. The first-order valence-electron chi connectivity index (χ1n) is 3.91. The summed E-state index contributed by atoms with van der Waals surface area (Å²) in [6, 6.07) is 5.20. The molecule has 2 aromatic rings. The first kappa shape index (κ1) is 8.97. The zero-order chi connectivity index (χ0) is 10.1. The number of halogens is 1. The number of ether oxygens (including phenoxy) is 1. The Kier molecular flexibility index (Phi) is 2.10. The molecule has 1 aromatic heterocycles. The van der Waals surface area contributed by atoms with Crippen molar-refractivity contribution in [3.63, 3.8) is 0 Å². The van der Waals surface area contributed by atoms with E-state index in [1.54, 1.807) is 12.1 Å². The molecule has 0 amide bonds. The summed E-state index contributed by atoms with van der Waals surface area (Å²) in [5.41, 5.74) is 0.432. The summed E-state index contributed by atoms with van der Waals surface area (Å²) >= 11 is 1.28. The predicted molar refractivity (Wildman–Crippen MR) is 53.1 cm³/mol. The van der Waals surface area contributed by atoms with Crippen molar-refractivity contribution in [1.29, 1.82) is 5.26 Å². The Bertz CT molecular complexity index is 527. The van der Waals surface area contributed by atoms with E-state index in [1.165, 1.54) is 23.8 Å². The van der Waals surface area contributed by atoms with Crippen LogP contribution >= 0.6 is 11.3 Å². The molecule has 70 valence electrons. The maximum Gasteiger partial charge on any atom is 0.141 e. The molecule has 1 aromatic carbocycles. The Hall–Kier alpha value is -1.60. The molecule has 14 heavy (non-hydrogen) atoms. The normalized spacial score (nSPS) is 10.1. The van der Waals surface area contributed by atoms with Crippen LogP contribution in [0.25, 0.3) is 10.1 Å². The zero-order valence-electron chi connectivity index (χ0n) is 7.37. The average molecular weight is 207 g/mol. The highest BCUT2D eigenvalue weighted by Crippen LogP contribution is 2.31. The molecule has 0 saturated carbocycles. The molecule has 0 bridgehead atoms. The highest BCUT2D eigenvalue weighted by Gasteiger charge is 2.09. The van der Waals surface area contributed by atoms with E-state index in [0.717, 1.165) is 4.70 Å². The van der Waals surface area contributed by atoms with Crippen LogP contribution in [0.4, 0.5) is 4.39 Å². The van der Waals surface area contributed by atoms with Crippen LogP contribution < -0.4 is 4.74 Å². The molecule has 0 aliphatic carbocycles. The Labute approximate surface area is 84.2 Å². The first-order valence-corrected chi connectivity index (χ1v) is 4.79. The fraction of sp³-hybridized carbons (Fsp3) is 0.100. The molecule has 2 rings (SSSR count). The molecule has 0 unspecified atom stereocenters. The van der Waals surface area contributed by atoms with Gasteiger partial charge in [0.05, 0.1) is 12.7 Å². The summed E-state index contributed by atoms with van der Waals surface area (Å²) in [4.78, 5) is 0. The van der Waals surface area contributed by atoms with Crippen molar-refractivity contribution in [3.8, 4) is 11.8 Å². The van der Waals surface area contributed by atoms with Gasteiger partial charge in [0.15, 0.2) is 0 Å². The van der Waals surface area contributed by atoms with Crippen molar-refractivity contribution >= 4 is 21.4 Å². The Morgan fingerprint density at radius 2 is 2.29 bits per heavy atom. The molecule has 0 aliphatic heterocycles. The van der Waals surface area contributed by atoms with Gasteiger partial charge in [-0.1, -0.05) is 0 Å². The van der Waals surface area contributed by atoms with Gasteiger partial charge in [0.2, 0.25) is 0 Å².